The minimum absolute atomic E-state index is 0.0350. The van der Waals surface area contributed by atoms with Crippen LogP contribution in [0.25, 0.3) is 10.2 Å². The van der Waals surface area contributed by atoms with Gasteiger partial charge < -0.3 is 4.74 Å². The Bertz CT molecular complexity index is 949. The highest BCUT2D eigenvalue weighted by atomic mass is 32.1. The number of aryl methyl sites for hydroxylation is 2. The fourth-order valence-electron chi connectivity index (χ4n) is 3.41. The van der Waals surface area contributed by atoms with Crippen LogP contribution in [-0.2, 0) is 16.1 Å². The second-order valence-corrected chi connectivity index (χ2v) is 8.00. The molecule has 1 fully saturated rings. The number of hydrogen-bond acceptors (Lipinski definition) is 7. The number of nitrogens with zero attached hydrogens (tertiary/aromatic N) is 6. The molecule has 1 aromatic carbocycles. The maximum atomic E-state index is 13.1. The summed E-state index contributed by atoms with van der Waals surface area (Å²) in [6.07, 6.45) is 3.00. The molecule has 0 bridgehead atoms. The van der Waals surface area contributed by atoms with E-state index >= 15 is 0 Å². The van der Waals surface area contributed by atoms with Gasteiger partial charge in [0.05, 0.1) is 23.4 Å². The minimum atomic E-state index is -0.0350. The highest BCUT2D eigenvalue weighted by molar-refractivity contribution is 7.22. The molecule has 0 unspecified atom stereocenters. The third-order valence-corrected chi connectivity index (χ3v) is 6.08. The largest absolute Gasteiger partial charge is 0.379 e. The normalized spacial score (nSPS) is 15.2. The van der Waals surface area contributed by atoms with Crippen LogP contribution in [0.3, 0.4) is 0 Å². The summed E-state index contributed by atoms with van der Waals surface area (Å²) >= 11 is 1.57. The number of aromatic nitrogens is 4. The number of anilines is 1. The van der Waals surface area contributed by atoms with E-state index in [1.165, 1.54) is 17.5 Å². The van der Waals surface area contributed by atoms with Gasteiger partial charge in [-0.25, -0.2) is 14.6 Å². The van der Waals surface area contributed by atoms with E-state index in [0.29, 0.717) is 6.54 Å². The Morgan fingerprint density at radius 3 is 2.86 bits per heavy atom. The Morgan fingerprint density at radius 2 is 2.11 bits per heavy atom. The molecule has 0 saturated carbocycles. The average molecular weight is 401 g/mol. The van der Waals surface area contributed by atoms with Crippen LogP contribution in [0.5, 0.6) is 0 Å². The molecule has 1 aliphatic rings. The molecule has 0 radical (unpaired) electrons. The summed E-state index contributed by atoms with van der Waals surface area (Å²) in [6.45, 7) is 8.96. The van der Waals surface area contributed by atoms with Crippen LogP contribution in [0, 0.1) is 13.8 Å². The number of thiazole rings is 1. The summed E-state index contributed by atoms with van der Waals surface area (Å²) < 4.78 is 8.10. The van der Waals surface area contributed by atoms with Crippen LogP contribution in [-0.4, -0.2) is 69.9 Å². The summed E-state index contributed by atoms with van der Waals surface area (Å²) in [5.74, 6) is -0.0350. The molecule has 1 amide bonds. The van der Waals surface area contributed by atoms with Crippen molar-refractivity contribution in [3.05, 3.63) is 35.9 Å². The van der Waals surface area contributed by atoms with Gasteiger partial charge in [-0.1, -0.05) is 17.4 Å². The lowest BCUT2D eigenvalue weighted by molar-refractivity contribution is -0.119. The van der Waals surface area contributed by atoms with E-state index in [2.05, 4.69) is 41.0 Å². The molecule has 148 valence electrons. The molecule has 4 rings (SSSR count). The van der Waals surface area contributed by atoms with Crippen LogP contribution in [0.1, 0.15) is 11.1 Å². The van der Waals surface area contributed by atoms with Crippen molar-refractivity contribution >= 4 is 32.6 Å². The average Bonchev–Trinajstić information content (AvgIpc) is 3.32. The number of ether oxygens (including phenoxy) is 1. The van der Waals surface area contributed by atoms with Crippen molar-refractivity contribution in [3.63, 3.8) is 0 Å². The number of carbonyl (C=O) groups excluding carboxylic acids is 1. The van der Waals surface area contributed by atoms with Gasteiger partial charge >= 0.3 is 0 Å². The predicted octanol–water partition coefficient (Wildman–Crippen LogP) is 1.87. The van der Waals surface area contributed by atoms with Crippen LogP contribution in [0.15, 0.2) is 24.8 Å². The topological polar surface area (TPSA) is 76.4 Å². The Morgan fingerprint density at radius 1 is 1.29 bits per heavy atom. The van der Waals surface area contributed by atoms with Gasteiger partial charge in [0.25, 0.3) is 5.91 Å². The lowest BCUT2D eigenvalue weighted by Gasteiger charge is -2.29. The highest BCUT2D eigenvalue weighted by Crippen LogP contribution is 2.32. The molecule has 1 aliphatic heterocycles. The first-order chi connectivity index (χ1) is 13.6. The maximum Gasteiger partial charge on any atom is 0.250 e. The number of hydrogen-bond donors (Lipinski definition) is 0. The Hall–Kier alpha value is -2.36. The first kappa shape index (κ1) is 19.0. The van der Waals surface area contributed by atoms with E-state index in [0.717, 1.165) is 48.2 Å². The maximum absolute atomic E-state index is 13.1. The van der Waals surface area contributed by atoms with Crippen molar-refractivity contribution in [2.24, 2.45) is 0 Å². The van der Waals surface area contributed by atoms with Gasteiger partial charge in [0.1, 0.15) is 19.2 Å². The van der Waals surface area contributed by atoms with Crippen molar-refractivity contribution < 1.29 is 9.53 Å². The molecule has 28 heavy (non-hydrogen) atoms. The molecule has 3 heterocycles. The van der Waals surface area contributed by atoms with E-state index < -0.39 is 0 Å². The second-order valence-electron chi connectivity index (χ2n) is 7.02. The first-order valence-corrected chi connectivity index (χ1v) is 10.2. The van der Waals surface area contributed by atoms with Gasteiger partial charge in [0.2, 0.25) is 0 Å². The minimum Gasteiger partial charge on any atom is -0.379 e. The van der Waals surface area contributed by atoms with Crippen molar-refractivity contribution in [2.45, 2.75) is 20.4 Å². The molecule has 8 nitrogen and oxygen atoms in total. The van der Waals surface area contributed by atoms with Gasteiger partial charge in [-0.05, 0) is 31.0 Å². The zero-order valence-electron chi connectivity index (χ0n) is 16.2. The van der Waals surface area contributed by atoms with Crippen molar-refractivity contribution in [2.75, 3.05) is 44.3 Å². The molecule has 9 heteroatoms. The van der Waals surface area contributed by atoms with Gasteiger partial charge in [-0.3, -0.25) is 14.6 Å². The van der Waals surface area contributed by atoms with Crippen LogP contribution >= 0.6 is 11.3 Å². The zero-order valence-corrected chi connectivity index (χ0v) is 17.0. The first-order valence-electron chi connectivity index (χ1n) is 9.41. The standard InChI is InChI=1S/C19H24N6O2S/c1-14-9-15(2)18-16(10-14)22-19(28-18)25(4-3-23-5-7-27-8-6-23)17(26)11-24-13-20-12-21-24/h9-10,12-13H,3-8,11H2,1-2H3. The van der Waals surface area contributed by atoms with Crippen LogP contribution in [0.4, 0.5) is 5.13 Å². The molecule has 0 aliphatic carbocycles. The summed E-state index contributed by atoms with van der Waals surface area (Å²) in [4.78, 5) is 25.9. The van der Waals surface area contributed by atoms with E-state index in [9.17, 15) is 4.79 Å². The number of morpholine rings is 1. The van der Waals surface area contributed by atoms with Crippen LogP contribution in [0.2, 0.25) is 0 Å². The Kier molecular flexibility index (Phi) is 5.65. The van der Waals surface area contributed by atoms with Crippen LogP contribution < -0.4 is 4.90 Å². The van der Waals surface area contributed by atoms with E-state index in [1.54, 1.807) is 27.2 Å². The molecule has 0 N–H and O–H groups in total. The Labute approximate surface area is 167 Å². The van der Waals surface area contributed by atoms with Crippen molar-refractivity contribution in [3.8, 4) is 0 Å². The smallest absolute Gasteiger partial charge is 0.250 e. The van der Waals surface area contributed by atoms with Crippen molar-refractivity contribution in [1.29, 1.82) is 0 Å². The van der Waals surface area contributed by atoms with Gasteiger partial charge in [0.15, 0.2) is 5.13 Å². The molecular formula is C19H24N6O2S. The van der Waals surface area contributed by atoms with E-state index in [4.69, 9.17) is 9.72 Å². The lowest BCUT2D eigenvalue weighted by Crippen LogP contribution is -2.44. The summed E-state index contributed by atoms with van der Waals surface area (Å²) in [5, 5.41) is 4.80. The quantitative estimate of drug-likeness (QED) is 0.629. The summed E-state index contributed by atoms with van der Waals surface area (Å²) in [6, 6.07) is 4.23. The number of benzene rings is 1. The van der Waals surface area contributed by atoms with Gasteiger partial charge in [-0.15, -0.1) is 0 Å². The molecule has 3 aromatic rings. The predicted molar refractivity (Wildman–Crippen MR) is 109 cm³/mol. The fourth-order valence-corrected chi connectivity index (χ4v) is 4.47. The molecular weight excluding hydrogens is 376 g/mol. The van der Waals surface area contributed by atoms with Gasteiger partial charge in [-0.2, -0.15) is 5.10 Å². The SMILES string of the molecule is Cc1cc(C)c2sc(N(CCN3CCOCC3)C(=O)Cn3cncn3)nc2c1. The molecule has 1 saturated heterocycles. The third kappa shape index (κ3) is 4.21. The monoisotopic (exact) mass is 400 g/mol. The van der Waals surface area contributed by atoms with E-state index in [1.807, 2.05) is 0 Å². The zero-order chi connectivity index (χ0) is 19.5. The number of fused-ring (bicyclic) bond motifs is 1. The van der Waals surface area contributed by atoms with Crippen molar-refractivity contribution in [1.82, 2.24) is 24.6 Å². The Balaban J connectivity index is 1.59. The second kappa shape index (κ2) is 8.34. The summed E-state index contributed by atoms with van der Waals surface area (Å²) in [5.41, 5.74) is 3.31. The molecule has 2 aromatic heterocycles. The fraction of sp³-hybridized carbons (Fsp3) is 0.474. The third-order valence-electron chi connectivity index (χ3n) is 4.85. The molecule has 0 spiro atoms. The summed E-state index contributed by atoms with van der Waals surface area (Å²) in [7, 11) is 0. The number of amides is 1. The van der Waals surface area contributed by atoms with Gasteiger partial charge in [0, 0.05) is 26.2 Å². The lowest BCUT2D eigenvalue weighted by atomic mass is 10.1. The highest BCUT2D eigenvalue weighted by Gasteiger charge is 2.22. The number of rotatable bonds is 6. The number of carbonyl (C=O) groups is 1. The van der Waals surface area contributed by atoms with E-state index in [-0.39, 0.29) is 12.5 Å². The molecule has 0 atom stereocenters.